The minimum Gasteiger partial charge on any atom is -0.511 e. The lowest BCUT2D eigenvalue weighted by atomic mass is 9.78. The van der Waals surface area contributed by atoms with Crippen LogP contribution >= 0.6 is 0 Å². The van der Waals surface area contributed by atoms with Crippen LogP contribution in [0.1, 0.15) is 51.9 Å². The van der Waals surface area contributed by atoms with Gasteiger partial charge < -0.3 is 9.84 Å². The van der Waals surface area contributed by atoms with E-state index in [0.717, 1.165) is 32.1 Å². The molecule has 4 heteroatoms. The maximum atomic E-state index is 12.0. The molecule has 0 aromatic rings. The second-order valence-corrected chi connectivity index (χ2v) is 4.91. The molecule has 0 atom stereocenters. The van der Waals surface area contributed by atoms with E-state index in [-0.39, 0.29) is 30.0 Å². The van der Waals surface area contributed by atoms with Crippen LogP contribution in [-0.4, -0.2) is 22.5 Å². The monoisotopic (exact) mass is 238 g/mol. The van der Waals surface area contributed by atoms with Crippen molar-refractivity contribution in [1.82, 2.24) is 0 Å². The van der Waals surface area contributed by atoms with Crippen molar-refractivity contribution in [3.8, 4) is 0 Å². The zero-order chi connectivity index (χ0) is 12.5. The fraction of sp³-hybridized carbons (Fsp3) is 0.692. The summed E-state index contributed by atoms with van der Waals surface area (Å²) in [5, 5.41) is 9.57. The summed E-state index contributed by atoms with van der Waals surface area (Å²) < 4.78 is 5.44. The van der Waals surface area contributed by atoms with Gasteiger partial charge in [-0.25, -0.2) is 4.79 Å². The molecule has 1 saturated heterocycles. The maximum Gasteiger partial charge on any atom is 0.345 e. The molecule has 0 aromatic carbocycles. The quantitative estimate of drug-likeness (QED) is 0.330. The molecule has 4 nitrogen and oxygen atoms in total. The SMILES string of the molecule is CC/C(O)=C1\C(=O)CC2(CCCCC2)OC1=O. The average Bonchev–Trinajstić information content (AvgIpc) is 2.28. The van der Waals surface area contributed by atoms with Crippen LogP contribution < -0.4 is 0 Å². The molecular formula is C13H18O4. The zero-order valence-corrected chi connectivity index (χ0v) is 10.1. The number of rotatable bonds is 1. The third-order valence-electron chi connectivity index (χ3n) is 3.66. The molecule has 2 aliphatic rings. The first-order valence-electron chi connectivity index (χ1n) is 6.26. The molecule has 1 aliphatic heterocycles. The Morgan fingerprint density at radius 2 is 1.94 bits per heavy atom. The van der Waals surface area contributed by atoms with E-state index in [1.165, 1.54) is 0 Å². The van der Waals surface area contributed by atoms with Crippen molar-refractivity contribution < 1.29 is 19.4 Å². The largest absolute Gasteiger partial charge is 0.511 e. The van der Waals surface area contributed by atoms with Gasteiger partial charge in [0.2, 0.25) is 0 Å². The van der Waals surface area contributed by atoms with Gasteiger partial charge in [0.1, 0.15) is 16.9 Å². The van der Waals surface area contributed by atoms with Crippen LogP contribution in [0.4, 0.5) is 0 Å². The number of hydrogen-bond acceptors (Lipinski definition) is 4. The molecule has 2 fully saturated rings. The van der Waals surface area contributed by atoms with E-state index in [4.69, 9.17) is 4.74 Å². The Bertz CT molecular complexity index is 353. The molecule has 17 heavy (non-hydrogen) atoms. The normalized spacial score (nSPS) is 26.9. The molecule has 0 radical (unpaired) electrons. The van der Waals surface area contributed by atoms with Gasteiger partial charge in [0.25, 0.3) is 0 Å². The molecule has 1 spiro atoms. The second-order valence-electron chi connectivity index (χ2n) is 4.91. The molecule has 1 saturated carbocycles. The van der Waals surface area contributed by atoms with Gasteiger partial charge in [-0.2, -0.15) is 0 Å². The predicted octanol–water partition coefficient (Wildman–Crippen LogP) is 2.43. The van der Waals surface area contributed by atoms with Crippen LogP contribution in [0.3, 0.4) is 0 Å². The number of Topliss-reactive ketones (excluding diaryl/α,β-unsaturated/α-hetero) is 1. The van der Waals surface area contributed by atoms with Crippen molar-refractivity contribution in [2.45, 2.75) is 57.5 Å². The number of esters is 1. The Hall–Kier alpha value is -1.32. The van der Waals surface area contributed by atoms with Crippen LogP contribution in [0.5, 0.6) is 0 Å². The maximum absolute atomic E-state index is 12.0. The third-order valence-corrected chi connectivity index (χ3v) is 3.66. The Morgan fingerprint density at radius 3 is 2.47 bits per heavy atom. The van der Waals surface area contributed by atoms with E-state index in [9.17, 15) is 14.7 Å². The average molecular weight is 238 g/mol. The van der Waals surface area contributed by atoms with E-state index in [0.29, 0.717) is 0 Å². The Kier molecular flexibility index (Phi) is 3.22. The van der Waals surface area contributed by atoms with Gasteiger partial charge in [0.05, 0.1) is 6.42 Å². The van der Waals surface area contributed by atoms with E-state index >= 15 is 0 Å². The van der Waals surface area contributed by atoms with Crippen LogP contribution in [0.2, 0.25) is 0 Å². The highest BCUT2D eigenvalue weighted by atomic mass is 16.6. The first kappa shape index (κ1) is 12.1. The van der Waals surface area contributed by atoms with Crippen molar-refractivity contribution in [1.29, 1.82) is 0 Å². The van der Waals surface area contributed by atoms with Crippen molar-refractivity contribution in [2.24, 2.45) is 0 Å². The summed E-state index contributed by atoms with van der Waals surface area (Å²) in [6.45, 7) is 1.70. The molecule has 1 heterocycles. The fourth-order valence-corrected chi connectivity index (χ4v) is 2.71. The van der Waals surface area contributed by atoms with Crippen LogP contribution in [0.15, 0.2) is 11.3 Å². The van der Waals surface area contributed by atoms with Crippen LogP contribution in [0, 0.1) is 0 Å². The molecule has 0 amide bonds. The summed E-state index contributed by atoms with van der Waals surface area (Å²) in [5.41, 5.74) is -0.715. The molecule has 0 bridgehead atoms. The lowest BCUT2D eigenvalue weighted by molar-refractivity contribution is -0.167. The van der Waals surface area contributed by atoms with Gasteiger partial charge >= 0.3 is 5.97 Å². The number of carbonyl (C=O) groups excluding carboxylic acids is 2. The third kappa shape index (κ3) is 2.21. The Labute approximate surface area is 101 Å². The smallest absolute Gasteiger partial charge is 0.345 e. The summed E-state index contributed by atoms with van der Waals surface area (Å²) in [6, 6.07) is 0. The highest BCUT2D eigenvalue weighted by Gasteiger charge is 2.45. The standard InChI is InChI=1S/C13H18O4/c1-2-9(14)11-10(15)8-13(17-12(11)16)6-4-3-5-7-13/h14H,2-8H2,1H3/b11-9-. The van der Waals surface area contributed by atoms with Crippen LogP contribution in [0.25, 0.3) is 0 Å². The van der Waals surface area contributed by atoms with E-state index < -0.39 is 11.6 Å². The topological polar surface area (TPSA) is 63.6 Å². The van der Waals surface area contributed by atoms with Gasteiger partial charge in [-0.05, 0) is 25.7 Å². The Morgan fingerprint density at radius 1 is 1.29 bits per heavy atom. The highest BCUT2D eigenvalue weighted by Crippen LogP contribution is 2.39. The van der Waals surface area contributed by atoms with Crippen molar-refractivity contribution in [2.75, 3.05) is 0 Å². The zero-order valence-electron chi connectivity index (χ0n) is 10.1. The van der Waals surface area contributed by atoms with Crippen molar-refractivity contribution >= 4 is 11.8 Å². The first-order valence-corrected chi connectivity index (χ1v) is 6.26. The lowest BCUT2D eigenvalue weighted by Gasteiger charge is -2.39. The molecule has 94 valence electrons. The Balaban J connectivity index is 2.23. The number of aliphatic hydroxyl groups excluding tert-OH is 1. The van der Waals surface area contributed by atoms with E-state index in [2.05, 4.69) is 0 Å². The number of carbonyl (C=O) groups is 2. The van der Waals surface area contributed by atoms with E-state index in [1.54, 1.807) is 6.92 Å². The summed E-state index contributed by atoms with van der Waals surface area (Å²) in [5.74, 6) is -1.05. The van der Waals surface area contributed by atoms with Crippen molar-refractivity contribution in [3.05, 3.63) is 11.3 Å². The first-order chi connectivity index (χ1) is 8.08. The predicted molar refractivity (Wildman–Crippen MR) is 61.5 cm³/mol. The summed E-state index contributed by atoms with van der Waals surface area (Å²) in [6.07, 6.45) is 5.19. The fourth-order valence-electron chi connectivity index (χ4n) is 2.71. The van der Waals surface area contributed by atoms with Gasteiger partial charge in [-0.15, -0.1) is 0 Å². The van der Waals surface area contributed by atoms with Gasteiger partial charge in [0, 0.05) is 6.42 Å². The minimum absolute atomic E-state index is 0.135. The van der Waals surface area contributed by atoms with Gasteiger partial charge in [0.15, 0.2) is 5.78 Å². The molecular weight excluding hydrogens is 220 g/mol. The highest BCUT2D eigenvalue weighted by molar-refractivity contribution is 6.19. The second kappa shape index (κ2) is 4.51. The lowest BCUT2D eigenvalue weighted by Crippen LogP contribution is -2.45. The minimum atomic E-state index is -0.637. The van der Waals surface area contributed by atoms with E-state index in [1.807, 2.05) is 0 Å². The molecule has 0 aromatic heterocycles. The molecule has 1 aliphatic carbocycles. The number of hydrogen-bond donors (Lipinski definition) is 1. The summed E-state index contributed by atoms with van der Waals surface area (Å²) in [4.78, 5) is 23.8. The summed E-state index contributed by atoms with van der Waals surface area (Å²) >= 11 is 0. The number of ketones is 1. The number of ether oxygens (including phenoxy) is 1. The molecule has 2 rings (SSSR count). The number of aliphatic hydroxyl groups is 1. The summed E-state index contributed by atoms with van der Waals surface area (Å²) in [7, 11) is 0. The van der Waals surface area contributed by atoms with Crippen LogP contribution in [-0.2, 0) is 14.3 Å². The van der Waals surface area contributed by atoms with Crippen molar-refractivity contribution in [3.63, 3.8) is 0 Å². The molecule has 1 N–H and O–H groups in total. The molecule has 0 unspecified atom stereocenters. The van der Waals surface area contributed by atoms with Gasteiger partial charge in [-0.3, -0.25) is 4.79 Å². The van der Waals surface area contributed by atoms with Gasteiger partial charge in [-0.1, -0.05) is 13.3 Å². The number of allylic oxidation sites excluding steroid dienone is 1.